The first-order valence-corrected chi connectivity index (χ1v) is 8.47. The molecule has 0 bridgehead atoms. The van der Waals surface area contributed by atoms with Gasteiger partial charge in [0.05, 0.1) is 11.4 Å². The van der Waals surface area contributed by atoms with Crippen molar-refractivity contribution in [2.45, 2.75) is 52.9 Å². The highest BCUT2D eigenvalue weighted by Gasteiger charge is 2.08. The highest BCUT2D eigenvalue weighted by Crippen LogP contribution is 2.19. The van der Waals surface area contributed by atoms with Gasteiger partial charge in [-0.05, 0) is 30.4 Å². The van der Waals surface area contributed by atoms with Gasteiger partial charge in [0, 0.05) is 6.54 Å². The summed E-state index contributed by atoms with van der Waals surface area (Å²) in [6, 6.07) is 8.09. The number of hydrogen-bond acceptors (Lipinski definition) is 2. The quantitative estimate of drug-likeness (QED) is 0.492. The minimum absolute atomic E-state index is 0.478. The molecule has 0 aromatic heterocycles. The summed E-state index contributed by atoms with van der Waals surface area (Å²) in [5, 5.41) is 3.35. The van der Waals surface area contributed by atoms with E-state index < -0.39 is 0 Å². The minimum atomic E-state index is 0.478. The zero-order valence-corrected chi connectivity index (χ0v) is 14.4. The van der Waals surface area contributed by atoms with E-state index in [1.54, 1.807) is 0 Å². The number of amidine groups is 1. The Morgan fingerprint density at radius 1 is 1.27 bits per heavy atom. The molecule has 1 aromatic carbocycles. The summed E-state index contributed by atoms with van der Waals surface area (Å²) >= 11 is 0. The number of aryl methyl sites for hydroxylation is 1. The van der Waals surface area contributed by atoms with Gasteiger partial charge >= 0.3 is 0 Å². The van der Waals surface area contributed by atoms with Gasteiger partial charge in [0.15, 0.2) is 0 Å². The Kier molecular flexibility index (Phi) is 8.34. The second kappa shape index (κ2) is 10.0. The zero-order chi connectivity index (χ0) is 16.4. The molecule has 0 saturated heterocycles. The highest BCUT2D eigenvalue weighted by molar-refractivity contribution is 5.97. The van der Waals surface area contributed by atoms with Crippen LogP contribution >= 0.6 is 0 Å². The molecule has 3 N–H and O–H groups in total. The lowest BCUT2D eigenvalue weighted by atomic mass is 9.99. The first-order valence-electron chi connectivity index (χ1n) is 8.47. The molecular formula is C19H31N3. The molecule has 3 heteroatoms. The summed E-state index contributed by atoms with van der Waals surface area (Å²) in [6.07, 6.45) is 5.90. The molecule has 0 aliphatic heterocycles. The second-order valence-electron chi connectivity index (χ2n) is 5.76. The van der Waals surface area contributed by atoms with Crippen LogP contribution in [-0.4, -0.2) is 12.4 Å². The van der Waals surface area contributed by atoms with Gasteiger partial charge in [-0.2, -0.15) is 0 Å². The first kappa shape index (κ1) is 18.3. The Balaban J connectivity index is 2.62. The van der Waals surface area contributed by atoms with Crippen LogP contribution in [-0.2, 0) is 6.42 Å². The molecule has 1 atom stereocenters. The molecule has 0 radical (unpaired) electrons. The third kappa shape index (κ3) is 5.92. The monoisotopic (exact) mass is 301 g/mol. The SMILES string of the molecule is C=C(NCC(CC)CCCC)C(N)=Nc1ccccc1CC. The maximum atomic E-state index is 6.09. The van der Waals surface area contributed by atoms with Crippen molar-refractivity contribution in [3.8, 4) is 0 Å². The maximum Gasteiger partial charge on any atom is 0.146 e. The van der Waals surface area contributed by atoms with Gasteiger partial charge < -0.3 is 11.1 Å². The van der Waals surface area contributed by atoms with E-state index in [1.165, 1.54) is 31.2 Å². The molecule has 0 aliphatic carbocycles. The van der Waals surface area contributed by atoms with E-state index in [0.717, 1.165) is 24.4 Å². The van der Waals surface area contributed by atoms with Crippen LogP contribution < -0.4 is 11.1 Å². The van der Waals surface area contributed by atoms with Gasteiger partial charge in [0.2, 0.25) is 0 Å². The Hall–Kier alpha value is -1.77. The summed E-state index contributed by atoms with van der Waals surface area (Å²) < 4.78 is 0. The fraction of sp³-hybridized carbons (Fsp3) is 0.526. The minimum Gasteiger partial charge on any atom is -0.382 e. The lowest BCUT2D eigenvalue weighted by Crippen LogP contribution is -2.29. The molecule has 0 heterocycles. The summed E-state index contributed by atoms with van der Waals surface area (Å²) in [5.41, 5.74) is 8.95. The van der Waals surface area contributed by atoms with Crippen molar-refractivity contribution in [3.05, 3.63) is 42.1 Å². The van der Waals surface area contributed by atoms with Crippen LogP contribution in [0.4, 0.5) is 5.69 Å². The van der Waals surface area contributed by atoms with Crippen molar-refractivity contribution in [1.82, 2.24) is 5.32 Å². The van der Waals surface area contributed by atoms with Gasteiger partial charge in [0.1, 0.15) is 5.84 Å². The average Bonchev–Trinajstić information content (AvgIpc) is 2.55. The van der Waals surface area contributed by atoms with Crippen LogP contribution in [0.2, 0.25) is 0 Å². The molecule has 3 nitrogen and oxygen atoms in total. The lowest BCUT2D eigenvalue weighted by Gasteiger charge is -2.17. The largest absolute Gasteiger partial charge is 0.382 e. The van der Waals surface area contributed by atoms with Crippen LogP contribution in [0.15, 0.2) is 41.5 Å². The number of nitrogens with two attached hydrogens (primary N) is 1. The summed E-state index contributed by atoms with van der Waals surface area (Å²) in [4.78, 5) is 4.53. The Morgan fingerprint density at radius 2 is 2.00 bits per heavy atom. The smallest absolute Gasteiger partial charge is 0.146 e. The Bertz CT molecular complexity index is 491. The van der Waals surface area contributed by atoms with Gasteiger partial charge in [-0.15, -0.1) is 0 Å². The average molecular weight is 301 g/mol. The number of nitrogens with zero attached hydrogens (tertiary/aromatic N) is 1. The molecule has 1 unspecified atom stereocenters. The summed E-state index contributed by atoms with van der Waals surface area (Å²) in [5.74, 6) is 1.15. The first-order chi connectivity index (χ1) is 10.6. The standard InChI is InChI=1S/C19H31N3/c1-5-8-11-16(6-2)14-21-15(4)19(20)22-18-13-10-9-12-17(18)7-3/h9-10,12-13,16,21H,4-8,11,14H2,1-3H3,(H2,20,22). The van der Waals surface area contributed by atoms with Crippen molar-refractivity contribution < 1.29 is 0 Å². The van der Waals surface area contributed by atoms with Crippen LogP contribution in [0, 0.1) is 5.92 Å². The van der Waals surface area contributed by atoms with Crippen LogP contribution in [0.3, 0.4) is 0 Å². The van der Waals surface area contributed by atoms with E-state index in [9.17, 15) is 0 Å². The second-order valence-corrected chi connectivity index (χ2v) is 5.76. The molecule has 122 valence electrons. The zero-order valence-electron chi connectivity index (χ0n) is 14.4. The van der Waals surface area contributed by atoms with E-state index in [0.29, 0.717) is 11.8 Å². The number of hydrogen-bond donors (Lipinski definition) is 2. The topological polar surface area (TPSA) is 50.4 Å². The lowest BCUT2D eigenvalue weighted by molar-refractivity contribution is 0.438. The predicted octanol–water partition coefficient (Wildman–Crippen LogP) is 4.56. The number of aliphatic imine (C=N–C) groups is 1. The molecule has 0 aliphatic rings. The molecule has 0 saturated carbocycles. The fourth-order valence-corrected chi connectivity index (χ4v) is 2.42. The van der Waals surface area contributed by atoms with Crippen molar-refractivity contribution in [3.63, 3.8) is 0 Å². The van der Waals surface area contributed by atoms with Crippen LogP contribution in [0.25, 0.3) is 0 Å². The van der Waals surface area contributed by atoms with Gasteiger partial charge in [-0.25, -0.2) is 4.99 Å². The highest BCUT2D eigenvalue weighted by atomic mass is 15.0. The van der Waals surface area contributed by atoms with E-state index in [4.69, 9.17) is 5.73 Å². The van der Waals surface area contributed by atoms with E-state index in [-0.39, 0.29) is 0 Å². The molecule has 0 spiro atoms. The van der Waals surface area contributed by atoms with E-state index in [2.05, 4.69) is 43.7 Å². The van der Waals surface area contributed by atoms with Crippen LogP contribution in [0.5, 0.6) is 0 Å². The molecule has 22 heavy (non-hydrogen) atoms. The predicted molar refractivity (Wildman–Crippen MR) is 97.6 cm³/mol. The van der Waals surface area contributed by atoms with Crippen molar-refractivity contribution >= 4 is 11.5 Å². The maximum absolute atomic E-state index is 6.09. The van der Waals surface area contributed by atoms with Gasteiger partial charge in [-0.1, -0.05) is 64.8 Å². The third-order valence-electron chi connectivity index (χ3n) is 4.07. The Morgan fingerprint density at radius 3 is 2.64 bits per heavy atom. The molecule has 1 rings (SSSR count). The molecular weight excluding hydrogens is 270 g/mol. The number of nitrogens with one attached hydrogen (secondary N) is 1. The van der Waals surface area contributed by atoms with Crippen molar-refractivity contribution in [2.24, 2.45) is 16.6 Å². The normalized spacial score (nSPS) is 13.0. The van der Waals surface area contributed by atoms with E-state index >= 15 is 0 Å². The number of unbranched alkanes of at least 4 members (excludes halogenated alkanes) is 1. The van der Waals surface area contributed by atoms with E-state index in [1.807, 2.05) is 18.2 Å². The van der Waals surface area contributed by atoms with Crippen molar-refractivity contribution in [2.75, 3.05) is 6.54 Å². The van der Waals surface area contributed by atoms with Gasteiger partial charge in [0.25, 0.3) is 0 Å². The fourth-order valence-electron chi connectivity index (χ4n) is 2.42. The van der Waals surface area contributed by atoms with Gasteiger partial charge in [-0.3, -0.25) is 0 Å². The summed E-state index contributed by atoms with van der Waals surface area (Å²) in [6.45, 7) is 11.5. The third-order valence-corrected chi connectivity index (χ3v) is 4.07. The molecule has 0 amide bonds. The molecule has 0 fully saturated rings. The van der Waals surface area contributed by atoms with Crippen LogP contribution in [0.1, 0.15) is 52.0 Å². The molecule has 1 aromatic rings. The number of rotatable bonds is 10. The Labute approximate surface area is 135 Å². The number of benzene rings is 1. The number of para-hydroxylation sites is 1. The van der Waals surface area contributed by atoms with Crippen molar-refractivity contribution in [1.29, 1.82) is 0 Å². The summed E-state index contributed by atoms with van der Waals surface area (Å²) in [7, 11) is 0.